The number of nitrogens with one attached hydrogen (secondary N) is 1. The van der Waals surface area contributed by atoms with Crippen molar-refractivity contribution in [2.75, 3.05) is 25.9 Å². The molecule has 0 atom stereocenters. The molecule has 106 valence electrons. The van der Waals surface area contributed by atoms with E-state index in [1.54, 1.807) is 0 Å². The smallest absolute Gasteiger partial charge is 0.0234 e. The van der Waals surface area contributed by atoms with Crippen molar-refractivity contribution < 1.29 is 0 Å². The van der Waals surface area contributed by atoms with Crippen molar-refractivity contribution in [3.8, 4) is 0 Å². The normalized spacial score (nSPS) is 20.2. The van der Waals surface area contributed by atoms with Crippen LogP contribution in [-0.4, -0.2) is 35.5 Å². The van der Waals surface area contributed by atoms with Gasteiger partial charge in [-0.3, -0.25) is 4.90 Å². The van der Waals surface area contributed by atoms with E-state index in [9.17, 15) is 0 Å². The van der Waals surface area contributed by atoms with Gasteiger partial charge in [0.05, 0.1) is 0 Å². The Morgan fingerprint density at radius 1 is 1.16 bits per heavy atom. The fourth-order valence-electron chi connectivity index (χ4n) is 2.45. The zero-order valence-electron chi connectivity index (χ0n) is 12.4. The van der Waals surface area contributed by atoms with Gasteiger partial charge in [0, 0.05) is 30.1 Å². The van der Waals surface area contributed by atoms with Crippen LogP contribution >= 0.6 is 11.8 Å². The summed E-state index contributed by atoms with van der Waals surface area (Å²) in [5, 5.41) is 3.19. The Hall–Kier alpha value is -0.510. The molecule has 1 aliphatic heterocycles. The van der Waals surface area contributed by atoms with Gasteiger partial charge in [-0.2, -0.15) is 11.8 Å². The minimum absolute atomic E-state index is 0.450. The molecule has 0 radical (unpaired) electrons. The van der Waals surface area contributed by atoms with Crippen LogP contribution in [0.15, 0.2) is 24.3 Å². The van der Waals surface area contributed by atoms with Gasteiger partial charge >= 0.3 is 0 Å². The third kappa shape index (κ3) is 4.83. The van der Waals surface area contributed by atoms with Crippen LogP contribution in [0.2, 0.25) is 0 Å². The van der Waals surface area contributed by atoms with Crippen molar-refractivity contribution in [2.24, 2.45) is 0 Å². The summed E-state index contributed by atoms with van der Waals surface area (Å²) in [6, 6.07) is 9.02. The first-order valence-electron chi connectivity index (χ1n) is 7.18. The first-order valence-corrected chi connectivity index (χ1v) is 8.16. The molecule has 1 N–H and O–H groups in total. The van der Waals surface area contributed by atoms with Crippen LogP contribution in [0.5, 0.6) is 0 Å². The Morgan fingerprint density at radius 3 is 2.53 bits per heavy atom. The maximum atomic E-state index is 3.19. The van der Waals surface area contributed by atoms with Crippen LogP contribution in [0.3, 0.4) is 0 Å². The molecule has 0 bridgehead atoms. The fraction of sp³-hybridized carbons (Fsp3) is 0.625. The van der Waals surface area contributed by atoms with Crippen molar-refractivity contribution in [1.29, 1.82) is 0 Å². The molecule has 0 aromatic heterocycles. The predicted octanol–water partition coefficient (Wildman–Crippen LogP) is 3.12. The van der Waals surface area contributed by atoms with Gasteiger partial charge in [-0.05, 0) is 31.1 Å². The zero-order valence-corrected chi connectivity index (χ0v) is 13.2. The molecule has 2 nitrogen and oxygen atoms in total. The molecule has 3 heteroatoms. The minimum Gasteiger partial charge on any atom is -0.316 e. The van der Waals surface area contributed by atoms with E-state index in [-0.39, 0.29) is 0 Å². The average Bonchev–Trinajstić information content (AvgIpc) is 2.54. The predicted molar refractivity (Wildman–Crippen MR) is 85.6 cm³/mol. The lowest BCUT2D eigenvalue weighted by Gasteiger charge is -2.22. The lowest BCUT2D eigenvalue weighted by atomic mass is 10.1. The molecule has 0 aliphatic carbocycles. The molecule has 0 amide bonds. The number of hydrogen-bond donors (Lipinski definition) is 1. The molecule has 0 unspecified atom stereocenters. The number of rotatable bonds is 4. The van der Waals surface area contributed by atoms with Gasteiger partial charge < -0.3 is 5.32 Å². The molecule has 19 heavy (non-hydrogen) atoms. The van der Waals surface area contributed by atoms with Crippen molar-refractivity contribution in [3.63, 3.8) is 0 Å². The van der Waals surface area contributed by atoms with Gasteiger partial charge in [-0.1, -0.05) is 38.1 Å². The molecular weight excluding hydrogens is 252 g/mol. The maximum absolute atomic E-state index is 3.19. The molecule has 1 heterocycles. The van der Waals surface area contributed by atoms with Gasteiger partial charge in [0.15, 0.2) is 0 Å². The van der Waals surface area contributed by atoms with Crippen LogP contribution in [0.25, 0.3) is 0 Å². The Balaban J connectivity index is 1.90. The third-order valence-corrected chi connectivity index (χ3v) is 5.11. The summed E-state index contributed by atoms with van der Waals surface area (Å²) in [5.41, 5.74) is 2.79. The monoisotopic (exact) mass is 278 g/mol. The van der Waals surface area contributed by atoms with Crippen molar-refractivity contribution in [1.82, 2.24) is 10.2 Å². The van der Waals surface area contributed by atoms with Gasteiger partial charge in [-0.25, -0.2) is 0 Å². The Morgan fingerprint density at radius 2 is 1.84 bits per heavy atom. The molecule has 1 saturated heterocycles. The highest BCUT2D eigenvalue weighted by molar-refractivity contribution is 8.00. The number of nitrogens with zero attached hydrogens (tertiary/aromatic N) is 1. The van der Waals surface area contributed by atoms with Crippen LogP contribution in [0.1, 0.15) is 31.4 Å². The van der Waals surface area contributed by atoms with Crippen molar-refractivity contribution >= 4 is 11.8 Å². The van der Waals surface area contributed by atoms with Gasteiger partial charge in [-0.15, -0.1) is 0 Å². The molecule has 1 aliphatic rings. The summed E-state index contributed by atoms with van der Waals surface area (Å²) in [7, 11) is 1.99. The number of thioether (sulfide) groups is 1. The van der Waals surface area contributed by atoms with E-state index >= 15 is 0 Å². The van der Waals surface area contributed by atoms with Crippen molar-refractivity contribution in [2.45, 2.75) is 38.1 Å². The summed E-state index contributed by atoms with van der Waals surface area (Å²) in [5.74, 6) is 1.25. The van der Waals surface area contributed by atoms with Crippen LogP contribution in [-0.2, 0) is 13.1 Å². The van der Waals surface area contributed by atoms with Crippen LogP contribution < -0.4 is 5.32 Å². The molecular formula is C16H26N2S. The first kappa shape index (κ1) is 14.9. The number of benzene rings is 1. The van der Waals surface area contributed by atoms with E-state index in [1.807, 2.05) is 7.05 Å². The van der Waals surface area contributed by atoms with E-state index in [0.717, 1.165) is 13.1 Å². The minimum atomic E-state index is 0.450. The summed E-state index contributed by atoms with van der Waals surface area (Å²) < 4.78 is 0.450. The second-order valence-corrected chi connectivity index (χ2v) is 7.78. The molecule has 0 saturated carbocycles. The van der Waals surface area contributed by atoms with E-state index in [1.165, 1.54) is 36.4 Å². The average molecular weight is 278 g/mol. The quantitative estimate of drug-likeness (QED) is 0.911. The molecule has 2 rings (SSSR count). The van der Waals surface area contributed by atoms with Crippen LogP contribution in [0, 0.1) is 0 Å². The summed E-state index contributed by atoms with van der Waals surface area (Å²) in [6.07, 6.45) is 1.29. The third-order valence-electron chi connectivity index (χ3n) is 3.74. The largest absolute Gasteiger partial charge is 0.316 e. The fourth-order valence-corrected chi connectivity index (χ4v) is 3.58. The van der Waals surface area contributed by atoms with E-state index in [0.29, 0.717) is 4.75 Å². The second kappa shape index (κ2) is 6.78. The standard InChI is InChI=1S/C16H26N2S/c1-16(2)8-9-18(10-11-19-16)13-15-6-4-14(5-7-15)12-17-3/h4-7,17H,8-13H2,1-3H3. The first-order chi connectivity index (χ1) is 9.09. The highest BCUT2D eigenvalue weighted by atomic mass is 32.2. The van der Waals surface area contributed by atoms with E-state index < -0.39 is 0 Å². The Kier molecular flexibility index (Phi) is 5.31. The lowest BCUT2D eigenvalue weighted by Crippen LogP contribution is -2.26. The number of hydrogen-bond acceptors (Lipinski definition) is 3. The van der Waals surface area contributed by atoms with Crippen molar-refractivity contribution in [3.05, 3.63) is 35.4 Å². The highest BCUT2D eigenvalue weighted by Gasteiger charge is 2.23. The Labute approximate surface area is 122 Å². The topological polar surface area (TPSA) is 15.3 Å². The van der Waals surface area contributed by atoms with Crippen LogP contribution in [0.4, 0.5) is 0 Å². The maximum Gasteiger partial charge on any atom is 0.0234 e. The lowest BCUT2D eigenvalue weighted by molar-refractivity contribution is 0.276. The molecule has 1 aromatic carbocycles. The summed E-state index contributed by atoms with van der Waals surface area (Å²) >= 11 is 2.11. The molecule has 1 aromatic rings. The Bertz CT molecular complexity index is 386. The highest BCUT2D eigenvalue weighted by Crippen LogP contribution is 2.31. The van der Waals surface area contributed by atoms with Gasteiger partial charge in [0.1, 0.15) is 0 Å². The zero-order chi connectivity index (χ0) is 13.7. The van der Waals surface area contributed by atoms with E-state index in [4.69, 9.17) is 0 Å². The van der Waals surface area contributed by atoms with Gasteiger partial charge in [0.2, 0.25) is 0 Å². The van der Waals surface area contributed by atoms with Gasteiger partial charge in [0.25, 0.3) is 0 Å². The SMILES string of the molecule is CNCc1ccc(CN2CCSC(C)(C)CC2)cc1. The molecule has 1 fully saturated rings. The van der Waals surface area contributed by atoms with E-state index in [2.05, 4.69) is 60.1 Å². The molecule has 0 spiro atoms. The summed E-state index contributed by atoms with van der Waals surface area (Å²) in [4.78, 5) is 2.59. The second-order valence-electron chi connectivity index (χ2n) is 5.98. The summed E-state index contributed by atoms with van der Waals surface area (Å²) in [6.45, 7) is 9.22.